The third-order valence-electron chi connectivity index (χ3n) is 2.36. The maximum absolute atomic E-state index is 9.67. The smallest absolute Gasteiger partial charge is 0.186 e. The van der Waals surface area contributed by atoms with Crippen molar-refractivity contribution in [2.24, 2.45) is 0 Å². The van der Waals surface area contributed by atoms with Crippen LogP contribution in [-0.4, -0.2) is 42.9 Å². The van der Waals surface area contributed by atoms with Crippen molar-refractivity contribution in [1.29, 1.82) is 0 Å². The summed E-state index contributed by atoms with van der Waals surface area (Å²) in [5.74, 6) is 0. The SMILES string of the molecule is C=CCO[C@H]1C[C@H]2CO[C@H](O2)[C@@H]1O. The van der Waals surface area contributed by atoms with Crippen molar-refractivity contribution in [3.63, 3.8) is 0 Å². The summed E-state index contributed by atoms with van der Waals surface area (Å²) in [6.45, 7) is 4.58. The monoisotopic (exact) mass is 186 g/mol. The first-order valence-corrected chi connectivity index (χ1v) is 4.49. The first-order valence-electron chi connectivity index (χ1n) is 4.49. The highest BCUT2D eigenvalue weighted by Gasteiger charge is 2.43. The second kappa shape index (κ2) is 3.75. The normalized spacial score (nSPS) is 43.5. The van der Waals surface area contributed by atoms with Gasteiger partial charge in [-0.2, -0.15) is 0 Å². The molecule has 4 atom stereocenters. The number of aliphatic hydroxyl groups excluding tert-OH is 1. The zero-order valence-corrected chi connectivity index (χ0v) is 7.39. The molecule has 74 valence electrons. The lowest BCUT2D eigenvalue weighted by Crippen LogP contribution is -2.45. The summed E-state index contributed by atoms with van der Waals surface area (Å²) in [6.07, 6.45) is 1.12. The van der Waals surface area contributed by atoms with E-state index in [1.54, 1.807) is 6.08 Å². The molecule has 0 radical (unpaired) electrons. The molecule has 0 aromatic heterocycles. The number of ether oxygens (including phenoxy) is 3. The van der Waals surface area contributed by atoms with E-state index in [4.69, 9.17) is 14.2 Å². The van der Waals surface area contributed by atoms with Gasteiger partial charge in [-0.25, -0.2) is 0 Å². The predicted molar refractivity (Wildman–Crippen MR) is 45.2 cm³/mol. The number of hydrogen-bond donors (Lipinski definition) is 1. The Kier molecular flexibility index (Phi) is 2.64. The van der Waals surface area contributed by atoms with E-state index < -0.39 is 12.4 Å². The van der Waals surface area contributed by atoms with Crippen LogP contribution >= 0.6 is 0 Å². The lowest BCUT2D eigenvalue weighted by Gasteiger charge is -2.31. The minimum atomic E-state index is -0.668. The van der Waals surface area contributed by atoms with E-state index in [-0.39, 0.29) is 12.2 Å². The molecule has 1 N–H and O–H groups in total. The van der Waals surface area contributed by atoms with Crippen molar-refractivity contribution in [2.45, 2.75) is 31.0 Å². The van der Waals surface area contributed by atoms with Gasteiger partial charge in [-0.15, -0.1) is 6.58 Å². The van der Waals surface area contributed by atoms with E-state index in [0.717, 1.165) is 0 Å². The topological polar surface area (TPSA) is 47.9 Å². The predicted octanol–water partition coefficient (Wildman–Crippen LogP) is 0.0637. The molecule has 2 heterocycles. The maximum Gasteiger partial charge on any atom is 0.186 e. The van der Waals surface area contributed by atoms with Gasteiger partial charge in [0, 0.05) is 6.42 Å². The largest absolute Gasteiger partial charge is 0.385 e. The first kappa shape index (κ1) is 9.15. The molecular formula is C9H14O4. The molecule has 0 saturated carbocycles. The molecule has 2 saturated heterocycles. The summed E-state index contributed by atoms with van der Waals surface area (Å²) in [4.78, 5) is 0. The molecule has 13 heavy (non-hydrogen) atoms. The van der Waals surface area contributed by atoms with E-state index in [1.165, 1.54) is 0 Å². The van der Waals surface area contributed by atoms with Gasteiger partial charge in [0.05, 0.1) is 25.4 Å². The molecule has 0 amide bonds. The van der Waals surface area contributed by atoms with E-state index in [1.807, 2.05) is 0 Å². The van der Waals surface area contributed by atoms with Gasteiger partial charge in [0.2, 0.25) is 0 Å². The van der Waals surface area contributed by atoms with Crippen LogP contribution in [0.15, 0.2) is 12.7 Å². The van der Waals surface area contributed by atoms with Crippen molar-refractivity contribution in [2.75, 3.05) is 13.2 Å². The van der Waals surface area contributed by atoms with Crippen LogP contribution < -0.4 is 0 Å². The molecule has 0 aliphatic carbocycles. The molecule has 0 aromatic carbocycles. The zero-order valence-electron chi connectivity index (χ0n) is 7.39. The average molecular weight is 186 g/mol. The minimum Gasteiger partial charge on any atom is -0.385 e. The zero-order chi connectivity index (χ0) is 9.26. The van der Waals surface area contributed by atoms with Crippen molar-refractivity contribution in [1.82, 2.24) is 0 Å². The molecule has 4 heteroatoms. The molecule has 0 unspecified atom stereocenters. The van der Waals surface area contributed by atoms with Crippen molar-refractivity contribution in [3.8, 4) is 0 Å². The Morgan fingerprint density at radius 3 is 3.23 bits per heavy atom. The quantitative estimate of drug-likeness (QED) is 0.633. The first-order chi connectivity index (χ1) is 6.31. The fraction of sp³-hybridized carbons (Fsp3) is 0.778. The number of rotatable bonds is 3. The van der Waals surface area contributed by atoms with Gasteiger partial charge >= 0.3 is 0 Å². The molecule has 2 aliphatic heterocycles. The highest BCUT2D eigenvalue weighted by Crippen LogP contribution is 2.29. The van der Waals surface area contributed by atoms with Crippen LogP contribution in [0.3, 0.4) is 0 Å². The second-order valence-corrected chi connectivity index (χ2v) is 3.35. The van der Waals surface area contributed by atoms with Crippen LogP contribution in [0.25, 0.3) is 0 Å². The van der Waals surface area contributed by atoms with Gasteiger partial charge in [0.15, 0.2) is 6.29 Å². The van der Waals surface area contributed by atoms with Crippen LogP contribution in [0, 0.1) is 0 Å². The molecular weight excluding hydrogens is 172 g/mol. The Morgan fingerprint density at radius 2 is 2.46 bits per heavy atom. The molecule has 2 rings (SSSR count). The summed E-state index contributed by atoms with van der Waals surface area (Å²) in [6, 6.07) is 0. The van der Waals surface area contributed by atoms with Crippen LogP contribution in [0.4, 0.5) is 0 Å². The number of fused-ring (bicyclic) bond motifs is 2. The molecule has 0 spiro atoms. The summed E-state index contributed by atoms with van der Waals surface area (Å²) < 4.78 is 16.0. The van der Waals surface area contributed by atoms with Crippen LogP contribution in [0.1, 0.15) is 6.42 Å². The van der Waals surface area contributed by atoms with E-state index in [9.17, 15) is 5.11 Å². The Balaban J connectivity index is 1.92. The lowest BCUT2D eigenvalue weighted by molar-refractivity contribution is -0.201. The molecule has 2 bridgehead atoms. The third kappa shape index (κ3) is 1.76. The van der Waals surface area contributed by atoms with Gasteiger partial charge in [-0.05, 0) is 0 Å². The molecule has 2 aliphatic rings. The Labute approximate surface area is 77.1 Å². The fourth-order valence-corrected chi connectivity index (χ4v) is 1.71. The minimum absolute atomic E-state index is 0.0863. The van der Waals surface area contributed by atoms with Crippen LogP contribution in [-0.2, 0) is 14.2 Å². The lowest BCUT2D eigenvalue weighted by atomic mass is 10.0. The number of hydrogen-bond acceptors (Lipinski definition) is 4. The van der Waals surface area contributed by atoms with Gasteiger partial charge in [-0.1, -0.05) is 6.08 Å². The molecule has 2 fully saturated rings. The third-order valence-corrected chi connectivity index (χ3v) is 2.36. The van der Waals surface area contributed by atoms with Crippen molar-refractivity contribution >= 4 is 0 Å². The van der Waals surface area contributed by atoms with E-state index >= 15 is 0 Å². The van der Waals surface area contributed by atoms with Gasteiger partial charge in [0.25, 0.3) is 0 Å². The van der Waals surface area contributed by atoms with E-state index in [2.05, 4.69) is 6.58 Å². The Hall–Kier alpha value is -0.420. The molecule has 0 aromatic rings. The maximum atomic E-state index is 9.67. The molecule has 4 nitrogen and oxygen atoms in total. The summed E-state index contributed by atoms with van der Waals surface area (Å²) in [7, 11) is 0. The highest BCUT2D eigenvalue weighted by atomic mass is 16.7. The Bertz CT molecular complexity index is 194. The Morgan fingerprint density at radius 1 is 1.62 bits per heavy atom. The number of aliphatic hydroxyl groups is 1. The van der Waals surface area contributed by atoms with Crippen LogP contribution in [0.2, 0.25) is 0 Å². The second-order valence-electron chi connectivity index (χ2n) is 3.35. The van der Waals surface area contributed by atoms with Gasteiger partial charge < -0.3 is 19.3 Å². The average Bonchev–Trinajstić information content (AvgIpc) is 2.54. The van der Waals surface area contributed by atoms with Gasteiger partial charge in [0.1, 0.15) is 6.10 Å². The fourth-order valence-electron chi connectivity index (χ4n) is 1.71. The summed E-state index contributed by atoms with van der Waals surface area (Å²) >= 11 is 0. The summed E-state index contributed by atoms with van der Waals surface area (Å²) in [5, 5.41) is 9.67. The van der Waals surface area contributed by atoms with Crippen molar-refractivity contribution < 1.29 is 19.3 Å². The van der Waals surface area contributed by atoms with E-state index in [0.29, 0.717) is 19.6 Å². The standard InChI is InChI=1S/C9H14O4/c1-2-3-11-7-4-6-5-12-9(13-6)8(7)10/h2,6-10H,1,3-5H2/t6-,7-,8+,9+/m0/s1. The van der Waals surface area contributed by atoms with Crippen molar-refractivity contribution in [3.05, 3.63) is 12.7 Å². The summed E-state index contributed by atoms with van der Waals surface area (Å²) in [5.41, 5.74) is 0. The van der Waals surface area contributed by atoms with Crippen LogP contribution in [0.5, 0.6) is 0 Å². The highest BCUT2D eigenvalue weighted by molar-refractivity contribution is 4.87. The van der Waals surface area contributed by atoms with Gasteiger partial charge in [-0.3, -0.25) is 0 Å².